The Kier molecular flexibility index (Phi) is 4.18. The van der Waals surface area contributed by atoms with E-state index < -0.39 is 5.97 Å². The quantitative estimate of drug-likeness (QED) is 0.699. The van der Waals surface area contributed by atoms with Crippen LogP contribution in [0.25, 0.3) is 0 Å². The molecule has 1 aliphatic rings. The molecule has 0 saturated carbocycles. The van der Waals surface area contributed by atoms with Crippen LogP contribution in [0.2, 0.25) is 0 Å². The summed E-state index contributed by atoms with van der Waals surface area (Å²) in [4.78, 5) is 12.5. The van der Waals surface area contributed by atoms with E-state index in [1.165, 1.54) is 0 Å². The monoisotopic (exact) mass is 187 g/mol. The molecule has 0 aromatic carbocycles. The van der Waals surface area contributed by atoms with Gasteiger partial charge in [-0.3, -0.25) is 4.79 Å². The lowest BCUT2D eigenvalue weighted by Crippen LogP contribution is -2.40. The Morgan fingerprint density at radius 3 is 3.08 bits per heavy atom. The van der Waals surface area contributed by atoms with Crippen molar-refractivity contribution in [1.29, 1.82) is 0 Å². The van der Waals surface area contributed by atoms with Crippen molar-refractivity contribution < 1.29 is 14.6 Å². The summed E-state index contributed by atoms with van der Waals surface area (Å²) in [7, 11) is 1.71. The highest BCUT2D eigenvalue weighted by Crippen LogP contribution is 2.12. The molecule has 1 heterocycles. The molecule has 13 heavy (non-hydrogen) atoms. The highest BCUT2D eigenvalue weighted by Gasteiger charge is 2.19. The minimum Gasteiger partial charge on any atom is -0.481 e. The molecule has 1 N–H and O–H groups in total. The second-order valence-corrected chi connectivity index (χ2v) is 3.44. The molecule has 4 heteroatoms. The third kappa shape index (κ3) is 3.74. The minimum absolute atomic E-state index is 0.233. The van der Waals surface area contributed by atoms with Crippen LogP contribution in [0.3, 0.4) is 0 Å². The first kappa shape index (κ1) is 10.5. The van der Waals surface area contributed by atoms with Crippen LogP contribution in [0.4, 0.5) is 0 Å². The Bertz CT molecular complexity index is 172. The highest BCUT2D eigenvalue weighted by molar-refractivity contribution is 5.66. The van der Waals surface area contributed by atoms with E-state index in [1.807, 2.05) is 0 Å². The Labute approximate surface area is 78.5 Å². The average Bonchev–Trinajstić information content (AvgIpc) is 2.15. The number of aliphatic carboxylic acids is 1. The van der Waals surface area contributed by atoms with Crippen LogP contribution in [0.5, 0.6) is 0 Å². The standard InChI is InChI=1S/C9H17NO3/c1-13-8-3-2-5-10(7-8)6-4-9(11)12/h8H,2-7H2,1H3,(H,11,12). The summed E-state index contributed by atoms with van der Waals surface area (Å²) in [5.41, 5.74) is 0. The summed E-state index contributed by atoms with van der Waals surface area (Å²) in [5, 5.41) is 8.51. The van der Waals surface area contributed by atoms with Crippen LogP contribution >= 0.6 is 0 Å². The number of nitrogens with zero attached hydrogens (tertiary/aromatic N) is 1. The van der Waals surface area contributed by atoms with E-state index in [-0.39, 0.29) is 6.42 Å². The number of hydrogen-bond donors (Lipinski definition) is 1. The summed E-state index contributed by atoms with van der Waals surface area (Å²) < 4.78 is 5.24. The van der Waals surface area contributed by atoms with E-state index in [4.69, 9.17) is 9.84 Å². The summed E-state index contributed by atoms with van der Waals surface area (Å²) in [6.07, 6.45) is 2.73. The van der Waals surface area contributed by atoms with E-state index in [0.29, 0.717) is 12.6 Å². The maximum Gasteiger partial charge on any atom is 0.304 e. The zero-order chi connectivity index (χ0) is 9.68. The van der Waals surface area contributed by atoms with Gasteiger partial charge in [0.1, 0.15) is 0 Å². The molecule has 0 radical (unpaired) electrons. The molecule has 4 nitrogen and oxygen atoms in total. The van der Waals surface area contributed by atoms with E-state index in [0.717, 1.165) is 25.9 Å². The van der Waals surface area contributed by atoms with Gasteiger partial charge in [-0.2, -0.15) is 0 Å². The molecule has 0 aliphatic carbocycles. The van der Waals surface area contributed by atoms with Gasteiger partial charge in [0.2, 0.25) is 0 Å². The van der Waals surface area contributed by atoms with Gasteiger partial charge in [-0.25, -0.2) is 0 Å². The molecule has 0 aromatic heterocycles. The van der Waals surface area contributed by atoms with Gasteiger partial charge in [-0.1, -0.05) is 0 Å². The van der Waals surface area contributed by atoms with E-state index >= 15 is 0 Å². The van der Waals surface area contributed by atoms with Crippen molar-refractivity contribution in [2.75, 3.05) is 26.7 Å². The fourth-order valence-electron chi connectivity index (χ4n) is 1.66. The largest absolute Gasteiger partial charge is 0.481 e. The third-order valence-corrected chi connectivity index (χ3v) is 2.44. The zero-order valence-corrected chi connectivity index (χ0v) is 8.03. The Morgan fingerprint density at radius 1 is 1.69 bits per heavy atom. The van der Waals surface area contributed by atoms with Crippen molar-refractivity contribution in [2.45, 2.75) is 25.4 Å². The Hall–Kier alpha value is -0.610. The number of likely N-dealkylation sites (tertiary alicyclic amines) is 1. The van der Waals surface area contributed by atoms with Crippen LogP contribution < -0.4 is 0 Å². The molecule has 1 fully saturated rings. The number of carbonyl (C=O) groups is 1. The molecule has 1 aliphatic heterocycles. The van der Waals surface area contributed by atoms with Crippen molar-refractivity contribution in [3.8, 4) is 0 Å². The number of carboxylic acid groups (broad SMARTS) is 1. The predicted molar refractivity (Wildman–Crippen MR) is 48.7 cm³/mol. The Morgan fingerprint density at radius 2 is 2.46 bits per heavy atom. The number of ether oxygens (including phenoxy) is 1. The fraction of sp³-hybridized carbons (Fsp3) is 0.889. The van der Waals surface area contributed by atoms with Crippen molar-refractivity contribution in [3.05, 3.63) is 0 Å². The van der Waals surface area contributed by atoms with Crippen molar-refractivity contribution in [3.63, 3.8) is 0 Å². The molecule has 1 unspecified atom stereocenters. The molecule has 0 bridgehead atoms. The summed E-state index contributed by atoms with van der Waals surface area (Å²) in [6, 6.07) is 0. The molecule has 1 rings (SSSR count). The van der Waals surface area contributed by atoms with E-state index in [2.05, 4.69) is 4.90 Å². The average molecular weight is 187 g/mol. The van der Waals surface area contributed by atoms with Crippen LogP contribution in [-0.4, -0.2) is 48.8 Å². The molecule has 76 valence electrons. The van der Waals surface area contributed by atoms with E-state index in [1.54, 1.807) is 7.11 Å². The molecule has 0 aromatic rings. The van der Waals surface area contributed by atoms with Crippen LogP contribution in [0, 0.1) is 0 Å². The topological polar surface area (TPSA) is 49.8 Å². The molecule has 0 spiro atoms. The number of rotatable bonds is 4. The van der Waals surface area contributed by atoms with Crippen LogP contribution in [0.15, 0.2) is 0 Å². The van der Waals surface area contributed by atoms with Gasteiger partial charge in [0.15, 0.2) is 0 Å². The second kappa shape index (κ2) is 5.19. The first-order chi connectivity index (χ1) is 6.22. The van der Waals surface area contributed by atoms with Gasteiger partial charge >= 0.3 is 5.97 Å². The summed E-state index contributed by atoms with van der Waals surface area (Å²) in [6.45, 7) is 2.53. The van der Waals surface area contributed by atoms with Gasteiger partial charge in [0, 0.05) is 20.2 Å². The first-order valence-electron chi connectivity index (χ1n) is 4.69. The molecular formula is C9H17NO3. The molecular weight excluding hydrogens is 170 g/mol. The minimum atomic E-state index is -0.723. The lowest BCUT2D eigenvalue weighted by atomic mass is 10.1. The van der Waals surface area contributed by atoms with Gasteiger partial charge in [0.25, 0.3) is 0 Å². The van der Waals surface area contributed by atoms with Gasteiger partial charge in [-0.05, 0) is 19.4 Å². The van der Waals surface area contributed by atoms with Crippen LogP contribution in [0.1, 0.15) is 19.3 Å². The van der Waals surface area contributed by atoms with Gasteiger partial charge in [-0.15, -0.1) is 0 Å². The zero-order valence-electron chi connectivity index (χ0n) is 8.03. The lowest BCUT2D eigenvalue weighted by Gasteiger charge is -2.31. The number of carboxylic acids is 1. The number of methoxy groups -OCH3 is 1. The lowest BCUT2D eigenvalue weighted by molar-refractivity contribution is -0.137. The smallest absolute Gasteiger partial charge is 0.304 e. The van der Waals surface area contributed by atoms with Crippen molar-refractivity contribution in [2.24, 2.45) is 0 Å². The van der Waals surface area contributed by atoms with Gasteiger partial charge in [0.05, 0.1) is 12.5 Å². The van der Waals surface area contributed by atoms with Crippen molar-refractivity contribution in [1.82, 2.24) is 4.90 Å². The fourth-order valence-corrected chi connectivity index (χ4v) is 1.66. The van der Waals surface area contributed by atoms with Crippen molar-refractivity contribution >= 4 is 5.97 Å². The molecule has 1 atom stereocenters. The summed E-state index contributed by atoms with van der Waals surface area (Å²) in [5.74, 6) is -0.723. The SMILES string of the molecule is COC1CCCN(CCC(=O)O)C1. The maximum atomic E-state index is 10.3. The third-order valence-electron chi connectivity index (χ3n) is 2.44. The normalized spacial score (nSPS) is 24.5. The van der Waals surface area contributed by atoms with Crippen LogP contribution in [-0.2, 0) is 9.53 Å². The predicted octanol–water partition coefficient (Wildman–Crippen LogP) is 0.572. The Balaban J connectivity index is 2.21. The van der Waals surface area contributed by atoms with Gasteiger partial charge < -0.3 is 14.7 Å². The highest BCUT2D eigenvalue weighted by atomic mass is 16.5. The number of piperidine rings is 1. The number of hydrogen-bond acceptors (Lipinski definition) is 3. The second-order valence-electron chi connectivity index (χ2n) is 3.44. The summed E-state index contributed by atoms with van der Waals surface area (Å²) >= 11 is 0. The molecule has 1 saturated heterocycles. The maximum absolute atomic E-state index is 10.3. The first-order valence-corrected chi connectivity index (χ1v) is 4.69. The van der Waals surface area contributed by atoms with E-state index in [9.17, 15) is 4.79 Å². The molecule has 0 amide bonds.